The van der Waals surface area contributed by atoms with Gasteiger partial charge in [-0.2, -0.15) is 0 Å². The fourth-order valence-electron chi connectivity index (χ4n) is 2.11. The third-order valence-electron chi connectivity index (χ3n) is 2.91. The average molecular weight is 213 g/mol. The maximum absolute atomic E-state index is 11.7. The van der Waals surface area contributed by atoms with E-state index in [4.69, 9.17) is 11.5 Å². The number of rotatable bonds is 4. The first-order valence-corrected chi connectivity index (χ1v) is 5.44. The van der Waals surface area contributed by atoms with Crippen molar-refractivity contribution in [3.05, 3.63) is 0 Å². The maximum Gasteiger partial charge on any atom is 0.223 e. The van der Waals surface area contributed by atoms with Crippen molar-refractivity contribution in [3.63, 3.8) is 0 Å². The molecule has 0 aromatic rings. The van der Waals surface area contributed by atoms with Crippen LogP contribution in [0.5, 0.6) is 0 Å². The van der Waals surface area contributed by atoms with E-state index in [-0.39, 0.29) is 23.7 Å². The zero-order chi connectivity index (χ0) is 11.3. The van der Waals surface area contributed by atoms with Crippen molar-refractivity contribution < 1.29 is 9.59 Å². The molecule has 1 fully saturated rings. The smallest absolute Gasteiger partial charge is 0.223 e. The van der Waals surface area contributed by atoms with E-state index < -0.39 is 0 Å². The second-order valence-corrected chi connectivity index (χ2v) is 3.98. The highest BCUT2D eigenvalue weighted by atomic mass is 16.2. The van der Waals surface area contributed by atoms with E-state index in [1.54, 1.807) is 0 Å². The summed E-state index contributed by atoms with van der Waals surface area (Å²) in [5, 5.41) is 2.72. The lowest BCUT2D eigenvalue weighted by Crippen LogP contribution is -2.43. The van der Waals surface area contributed by atoms with Gasteiger partial charge >= 0.3 is 0 Å². The SMILES string of the molecule is NCCNC(=O)[C@@H]1CCCC[C@@H]1C(N)=O. The third-order valence-corrected chi connectivity index (χ3v) is 2.91. The van der Waals surface area contributed by atoms with Crippen LogP contribution in [-0.2, 0) is 9.59 Å². The number of nitrogens with one attached hydrogen (secondary N) is 1. The Balaban J connectivity index is 2.55. The third kappa shape index (κ3) is 3.20. The summed E-state index contributed by atoms with van der Waals surface area (Å²) in [5.74, 6) is -0.981. The van der Waals surface area contributed by atoms with Crippen LogP contribution in [0.2, 0.25) is 0 Å². The second kappa shape index (κ2) is 5.70. The van der Waals surface area contributed by atoms with Gasteiger partial charge in [-0.05, 0) is 12.8 Å². The van der Waals surface area contributed by atoms with Gasteiger partial charge in [0.1, 0.15) is 0 Å². The fourth-order valence-corrected chi connectivity index (χ4v) is 2.11. The standard InChI is InChI=1S/C10H19N3O2/c11-5-6-13-10(15)8-4-2-1-3-7(8)9(12)14/h7-8H,1-6,11H2,(H2,12,14)(H,13,15)/t7-,8+/m0/s1. The molecule has 0 aromatic heterocycles. The van der Waals surface area contributed by atoms with Crippen molar-refractivity contribution in [3.8, 4) is 0 Å². The largest absolute Gasteiger partial charge is 0.369 e. The highest BCUT2D eigenvalue weighted by Gasteiger charge is 2.34. The molecule has 2 atom stereocenters. The Morgan fingerprint density at radius 2 is 1.80 bits per heavy atom. The van der Waals surface area contributed by atoms with Crippen LogP contribution in [0.15, 0.2) is 0 Å². The lowest BCUT2D eigenvalue weighted by Gasteiger charge is -2.28. The average Bonchev–Trinajstić information content (AvgIpc) is 2.25. The predicted octanol–water partition coefficient (Wildman–Crippen LogP) is -0.647. The van der Waals surface area contributed by atoms with Crippen LogP contribution in [0.1, 0.15) is 25.7 Å². The Morgan fingerprint density at radius 3 is 2.33 bits per heavy atom. The zero-order valence-corrected chi connectivity index (χ0v) is 8.87. The summed E-state index contributed by atoms with van der Waals surface area (Å²) in [6, 6.07) is 0. The van der Waals surface area contributed by atoms with Gasteiger partial charge in [0.2, 0.25) is 11.8 Å². The van der Waals surface area contributed by atoms with Crippen molar-refractivity contribution in [2.24, 2.45) is 23.3 Å². The number of carbonyl (C=O) groups excluding carboxylic acids is 2. The van der Waals surface area contributed by atoms with Gasteiger partial charge in [-0.15, -0.1) is 0 Å². The fraction of sp³-hybridized carbons (Fsp3) is 0.800. The molecule has 1 aliphatic rings. The molecule has 0 aliphatic heterocycles. The van der Waals surface area contributed by atoms with Crippen molar-refractivity contribution in [2.45, 2.75) is 25.7 Å². The van der Waals surface area contributed by atoms with E-state index in [0.29, 0.717) is 13.1 Å². The molecule has 15 heavy (non-hydrogen) atoms. The van der Waals surface area contributed by atoms with E-state index in [1.807, 2.05) is 0 Å². The molecule has 0 unspecified atom stereocenters. The highest BCUT2D eigenvalue weighted by molar-refractivity contribution is 5.87. The van der Waals surface area contributed by atoms with Gasteiger partial charge in [0, 0.05) is 24.9 Å². The lowest BCUT2D eigenvalue weighted by molar-refractivity contribution is -0.134. The maximum atomic E-state index is 11.7. The van der Waals surface area contributed by atoms with Crippen LogP contribution in [0, 0.1) is 11.8 Å². The van der Waals surface area contributed by atoms with Crippen LogP contribution < -0.4 is 16.8 Å². The summed E-state index contributed by atoms with van der Waals surface area (Å²) < 4.78 is 0. The minimum atomic E-state index is -0.359. The number of hydrogen-bond acceptors (Lipinski definition) is 3. The van der Waals surface area contributed by atoms with E-state index in [1.165, 1.54) is 0 Å². The van der Waals surface area contributed by atoms with Crippen LogP contribution in [0.4, 0.5) is 0 Å². The molecule has 86 valence electrons. The summed E-state index contributed by atoms with van der Waals surface area (Å²) in [7, 11) is 0. The van der Waals surface area contributed by atoms with Crippen LogP contribution in [-0.4, -0.2) is 24.9 Å². The summed E-state index contributed by atoms with van der Waals surface area (Å²) in [5.41, 5.74) is 10.6. The predicted molar refractivity (Wildman–Crippen MR) is 56.7 cm³/mol. The summed E-state index contributed by atoms with van der Waals surface area (Å²) in [4.78, 5) is 22.9. The Kier molecular flexibility index (Phi) is 4.55. The molecule has 0 spiro atoms. The summed E-state index contributed by atoms with van der Waals surface area (Å²) >= 11 is 0. The molecule has 1 saturated carbocycles. The molecule has 0 radical (unpaired) electrons. The van der Waals surface area contributed by atoms with Crippen LogP contribution >= 0.6 is 0 Å². The first-order valence-electron chi connectivity index (χ1n) is 5.44. The molecule has 5 N–H and O–H groups in total. The molecule has 1 aliphatic carbocycles. The quantitative estimate of drug-likeness (QED) is 0.579. The molecular weight excluding hydrogens is 194 g/mol. The van der Waals surface area contributed by atoms with E-state index in [0.717, 1.165) is 25.7 Å². The van der Waals surface area contributed by atoms with Gasteiger partial charge < -0.3 is 16.8 Å². The number of nitrogens with two attached hydrogens (primary N) is 2. The molecule has 1 rings (SSSR count). The van der Waals surface area contributed by atoms with E-state index in [9.17, 15) is 9.59 Å². The minimum absolute atomic E-state index is 0.0797. The molecule has 0 aromatic carbocycles. The van der Waals surface area contributed by atoms with Gasteiger partial charge in [0.05, 0.1) is 0 Å². The zero-order valence-electron chi connectivity index (χ0n) is 8.87. The topological polar surface area (TPSA) is 98.2 Å². The molecule has 5 heteroatoms. The molecule has 0 bridgehead atoms. The normalized spacial score (nSPS) is 25.9. The van der Waals surface area contributed by atoms with E-state index in [2.05, 4.69) is 5.32 Å². The monoisotopic (exact) mass is 213 g/mol. The molecule has 5 nitrogen and oxygen atoms in total. The number of carbonyl (C=O) groups is 2. The van der Waals surface area contributed by atoms with Gasteiger partial charge in [0.25, 0.3) is 0 Å². The first kappa shape index (κ1) is 12.0. The number of hydrogen-bond donors (Lipinski definition) is 3. The Hall–Kier alpha value is -1.10. The van der Waals surface area contributed by atoms with Gasteiger partial charge in [-0.25, -0.2) is 0 Å². The first-order chi connectivity index (χ1) is 7.16. The van der Waals surface area contributed by atoms with Crippen LogP contribution in [0.3, 0.4) is 0 Å². The van der Waals surface area contributed by atoms with Crippen molar-refractivity contribution in [1.82, 2.24) is 5.32 Å². The van der Waals surface area contributed by atoms with Crippen molar-refractivity contribution >= 4 is 11.8 Å². The van der Waals surface area contributed by atoms with Gasteiger partial charge in [0.15, 0.2) is 0 Å². The lowest BCUT2D eigenvalue weighted by atomic mass is 9.78. The molecule has 0 heterocycles. The van der Waals surface area contributed by atoms with Gasteiger partial charge in [-0.1, -0.05) is 12.8 Å². The minimum Gasteiger partial charge on any atom is -0.369 e. The molecule has 0 saturated heterocycles. The molecular formula is C10H19N3O2. The number of primary amides is 1. The molecule has 2 amide bonds. The van der Waals surface area contributed by atoms with Crippen molar-refractivity contribution in [2.75, 3.05) is 13.1 Å². The number of amides is 2. The Morgan fingerprint density at radius 1 is 1.20 bits per heavy atom. The van der Waals surface area contributed by atoms with Crippen LogP contribution in [0.25, 0.3) is 0 Å². The van der Waals surface area contributed by atoms with Gasteiger partial charge in [-0.3, -0.25) is 9.59 Å². The Labute approximate surface area is 89.6 Å². The highest BCUT2D eigenvalue weighted by Crippen LogP contribution is 2.29. The van der Waals surface area contributed by atoms with Crippen molar-refractivity contribution in [1.29, 1.82) is 0 Å². The van der Waals surface area contributed by atoms with E-state index >= 15 is 0 Å². The Bertz CT molecular complexity index is 243. The second-order valence-electron chi connectivity index (χ2n) is 3.98. The summed E-state index contributed by atoms with van der Waals surface area (Å²) in [6.45, 7) is 0.876. The summed E-state index contributed by atoms with van der Waals surface area (Å²) in [6.07, 6.45) is 3.46.